The minimum Gasteiger partial charge on any atom is -0.377 e. The third-order valence-corrected chi connectivity index (χ3v) is 4.66. The van der Waals surface area contributed by atoms with Crippen LogP contribution < -0.4 is 10.2 Å². The van der Waals surface area contributed by atoms with Gasteiger partial charge in [0.25, 0.3) is 0 Å². The Morgan fingerprint density at radius 1 is 1.56 bits per heavy atom. The molecule has 2 heterocycles. The minimum atomic E-state index is 0.495. The Bertz CT molecular complexity index is 391. The van der Waals surface area contributed by atoms with Crippen molar-refractivity contribution in [2.75, 3.05) is 24.7 Å². The van der Waals surface area contributed by atoms with Crippen LogP contribution in [-0.2, 0) is 11.3 Å². The van der Waals surface area contributed by atoms with E-state index < -0.39 is 0 Å². The summed E-state index contributed by atoms with van der Waals surface area (Å²) in [4.78, 5) is 8.34. The number of thiazole rings is 1. The van der Waals surface area contributed by atoms with Crippen LogP contribution in [0.2, 0.25) is 0 Å². The molecule has 5 heteroatoms. The summed E-state index contributed by atoms with van der Waals surface area (Å²) in [5.41, 5.74) is 0. The summed E-state index contributed by atoms with van der Waals surface area (Å²) in [5, 5.41) is 4.71. The first-order valence-electron chi connectivity index (χ1n) is 6.89. The lowest BCUT2D eigenvalue weighted by Crippen LogP contribution is -2.45. The SMILES string of the molecule is CCC1COCCN1c1ncc(CNC2CC2)s1. The second-order valence-electron chi connectivity index (χ2n) is 5.09. The van der Waals surface area contributed by atoms with Crippen LogP contribution >= 0.6 is 11.3 Å². The quantitative estimate of drug-likeness (QED) is 0.885. The van der Waals surface area contributed by atoms with Crippen LogP contribution in [0.3, 0.4) is 0 Å². The number of nitrogens with one attached hydrogen (secondary N) is 1. The number of rotatable bonds is 5. The number of aromatic nitrogens is 1. The number of anilines is 1. The number of ether oxygens (including phenoxy) is 1. The Kier molecular flexibility index (Phi) is 3.82. The van der Waals surface area contributed by atoms with E-state index in [-0.39, 0.29) is 0 Å². The van der Waals surface area contributed by atoms with Crippen molar-refractivity contribution in [2.24, 2.45) is 0 Å². The van der Waals surface area contributed by atoms with E-state index in [9.17, 15) is 0 Å². The third kappa shape index (κ3) is 2.84. The average molecular weight is 267 g/mol. The van der Waals surface area contributed by atoms with Gasteiger partial charge in [0, 0.05) is 30.2 Å². The summed E-state index contributed by atoms with van der Waals surface area (Å²) in [7, 11) is 0. The van der Waals surface area contributed by atoms with Crippen molar-refractivity contribution in [1.82, 2.24) is 10.3 Å². The molecule has 4 nitrogen and oxygen atoms in total. The van der Waals surface area contributed by atoms with Crippen LogP contribution in [0.15, 0.2) is 6.20 Å². The molecule has 2 fully saturated rings. The molecule has 0 aromatic carbocycles. The maximum atomic E-state index is 5.54. The molecule has 1 atom stereocenters. The van der Waals surface area contributed by atoms with Crippen molar-refractivity contribution >= 4 is 16.5 Å². The monoisotopic (exact) mass is 267 g/mol. The van der Waals surface area contributed by atoms with Crippen molar-refractivity contribution in [3.05, 3.63) is 11.1 Å². The zero-order valence-corrected chi connectivity index (χ0v) is 11.7. The van der Waals surface area contributed by atoms with Crippen molar-refractivity contribution in [3.63, 3.8) is 0 Å². The van der Waals surface area contributed by atoms with Gasteiger partial charge in [-0.25, -0.2) is 4.98 Å². The highest BCUT2D eigenvalue weighted by Gasteiger charge is 2.24. The van der Waals surface area contributed by atoms with Crippen LogP contribution in [0.4, 0.5) is 5.13 Å². The molecule has 1 saturated carbocycles. The summed E-state index contributed by atoms with van der Waals surface area (Å²) < 4.78 is 5.54. The summed E-state index contributed by atoms with van der Waals surface area (Å²) in [6.07, 6.45) is 5.83. The molecule has 1 N–H and O–H groups in total. The number of morpholine rings is 1. The molecule has 1 aliphatic heterocycles. The Labute approximate surface area is 112 Å². The molecule has 3 rings (SSSR count). The van der Waals surface area contributed by atoms with E-state index in [1.807, 2.05) is 17.5 Å². The van der Waals surface area contributed by atoms with E-state index in [4.69, 9.17) is 4.74 Å². The Morgan fingerprint density at radius 3 is 3.22 bits per heavy atom. The molecule has 1 unspecified atom stereocenters. The van der Waals surface area contributed by atoms with Gasteiger partial charge in [0.15, 0.2) is 5.13 Å². The standard InChI is InChI=1S/C13H21N3OS/c1-2-11-9-17-6-5-16(11)13-15-8-12(18-13)7-14-10-3-4-10/h8,10-11,14H,2-7,9H2,1H3. The molecular formula is C13H21N3OS. The van der Waals surface area contributed by atoms with Gasteiger partial charge < -0.3 is 15.0 Å². The van der Waals surface area contributed by atoms with Gasteiger partial charge >= 0.3 is 0 Å². The first-order chi connectivity index (χ1) is 8.86. The van der Waals surface area contributed by atoms with Crippen molar-refractivity contribution in [3.8, 4) is 0 Å². The van der Waals surface area contributed by atoms with Crippen LogP contribution in [0, 0.1) is 0 Å². The molecule has 0 bridgehead atoms. The molecule has 1 aromatic rings. The predicted octanol–water partition coefficient (Wildman–Crippen LogP) is 2.01. The Balaban J connectivity index is 1.62. The topological polar surface area (TPSA) is 37.4 Å². The van der Waals surface area contributed by atoms with Gasteiger partial charge in [-0.2, -0.15) is 0 Å². The van der Waals surface area contributed by atoms with Gasteiger partial charge in [-0.15, -0.1) is 11.3 Å². The van der Waals surface area contributed by atoms with E-state index in [0.29, 0.717) is 6.04 Å². The Hall–Kier alpha value is -0.650. The fourth-order valence-electron chi connectivity index (χ4n) is 2.29. The smallest absolute Gasteiger partial charge is 0.185 e. The van der Waals surface area contributed by atoms with E-state index in [0.717, 1.165) is 43.9 Å². The lowest BCUT2D eigenvalue weighted by atomic mass is 10.2. The van der Waals surface area contributed by atoms with Crippen molar-refractivity contribution in [1.29, 1.82) is 0 Å². The highest BCUT2D eigenvalue weighted by atomic mass is 32.1. The summed E-state index contributed by atoms with van der Waals surface area (Å²) >= 11 is 1.83. The summed E-state index contributed by atoms with van der Waals surface area (Å²) in [6, 6.07) is 1.26. The highest BCUT2D eigenvalue weighted by Crippen LogP contribution is 2.27. The molecule has 2 aliphatic rings. The zero-order valence-electron chi connectivity index (χ0n) is 10.9. The van der Waals surface area contributed by atoms with Gasteiger partial charge in [-0.05, 0) is 19.3 Å². The minimum absolute atomic E-state index is 0.495. The zero-order chi connectivity index (χ0) is 12.4. The molecule has 1 aliphatic carbocycles. The maximum Gasteiger partial charge on any atom is 0.185 e. The van der Waals surface area contributed by atoms with Gasteiger partial charge in [-0.1, -0.05) is 6.92 Å². The molecule has 18 heavy (non-hydrogen) atoms. The normalized spacial score (nSPS) is 24.5. The predicted molar refractivity (Wildman–Crippen MR) is 74.2 cm³/mol. The highest BCUT2D eigenvalue weighted by molar-refractivity contribution is 7.15. The molecular weight excluding hydrogens is 246 g/mol. The largest absolute Gasteiger partial charge is 0.377 e. The van der Waals surface area contributed by atoms with E-state index in [2.05, 4.69) is 22.1 Å². The summed E-state index contributed by atoms with van der Waals surface area (Å²) in [5.74, 6) is 0. The fraction of sp³-hybridized carbons (Fsp3) is 0.769. The molecule has 0 spiro atoms. The third-order valence-electron chi connectivity index (χ3n) is 3.63. The molecule has 1 aromatic heterocycles. The lowest BCUT2D eigenvalue weighted by molar-refractivity contribution is 0.0930. The van der Waals surface area contributed by atoms with Crippen LogP contribution in [0.25, 0.3) is 0 Å². The van der Waals surface area contributed by atoms with Crippen molar-refractivity contribution in [2.45, 2.75) is 44.8 Å². The maximum absolute atomic E-state index is 5.54. The number of hydrogen-bond donors (Lipinski definition) is 1. The molecule has 0 radical (unpaired) electrons. The molecule has 100 valence electrons. The Morgan fingerprint density at radius 2 is 2.44 bits per heavy atom. The first kappa shape index (κ1) is 12.4. The fourth-order valence-corrected chi connectivity index (χ4v) is 3.25. The first-order valence-corrected chi connectivity index (χ1v) is 7.71. The van der Waals surface area contributed by atoms with E-state index in [1.54, 1.807) is 0 Å². The van der Waals surface area contributed by atoms with Gasteiger partial charge in [-0.3, -0.25) is 0 Å². The van der Waals surface area contributed by atoms with Crippen LogP contribution in [0.5, 0.6) is 0 Å². The average Bonchev–Trinajstić information content (AvgIpc) is 3.13. The molecule has 1 saturated heterocycles. The second kappa shape index (κ2) is 5.55. The number of nitrogens with zero attached hydrogens (tertiary/aromatic N) is 2. The van der Waals surface area contributed by atoms with E-state index >= 15 is 0 Å². The second-order valence-corrected chi connectivity index (χ2v) is 6.19. The van der Waals surface area contributed by atoms with Gasteiger partial charge in [0.2, 0.25) is 0 Å². The van der Waals surface area contributed by atoms with Crippen molar-refractivity contribution < 1.29 is 4.74 Å². The van der Waals surface area contributed by atoms with Gasteiger partial charge in [0.05, 0.1) is 19.3 Å². The van der Waals surface area contributed by atoms with Gasteiger partial charge in [0.1, 0.15) is 0 Å². The van der Waals surface area contributed by atoms with Crippen LogP contribution in [-0.4, -0.2) is 36.8 Å². The van der Waals surface area contributed by atoms with Crippen LogP contribution in [0.1, 0.15) is 31.1 Å². The lowest BCUT2D eigenvalue weighted by Gasteiger charge is -2.34. The molecule has 0 amide bonds. The summed E-state index contributed by atoms with van der Waals surface area (Å²) in [6.45, 7) is 5.83. The number of hydrogen-bond acceptors (Lipinski definition) is 5. The van der Waals surface area contributed by atoms with E-state index in [1.165, 1.54) is 17.7 Å².